The molecule has 2 amide bonds. The summed E-state index contributed by atoms with van der Waals surface area (Å²) in [6.07, 6.45) is 2.41. The van der Waals surface area contributed by atoms with Crippen molar-refractivity contribution in [3.8, 4) is 0 Å². The Hall–Kier alpha value is -1.10. The molecule has 1 fully saturated rings. The highest BCUT2D eigenvalue weighted by Crippen LogP contribution is 2.12. The molecule has 0 aromatic heterocycles. The van der Waals surface area contributed by atoms with Crippen molar-refractivity contribution in [3.05, 3.63) is 0 Å². The van der Waals surface area contributed by atoms with Gasteiger partial charge >= 0.3 is 0 Å². The van der Waals surface area contributed by atoms with Gasteiger partial charge in [0.15, 0.2) is 0 Å². The van der Waals surface area contributed by atoms with Crippen LogP contribution in [0, 0.1) is 0 Å². The fraction of sp³-hybridized carbons (Fsp3) is 0.818. The van der Waals surface area contributed by atoms with Crippen molar-refractivity contribution in [2.75, 3.05) is 6.54 Å². The molecule has 1 aliphatic rings. The van der Waals surface area contributed by atoms with E-state index in [-0.39, 0.29) is 17.9 Å². The van der Waals surface area contributed by atoms with Crippen molar-refractivity contribution in [1.29, 1.82) is 0 Å². The summed E-state index contributed by atoms with van der Waals surface area (Å²) in [6, 6.07) is 0.0197. The Kier molecular flexibility index (Phi) is 4.29. The van der Waals surface area contributed by atoms with Crippen molar-refractivity contribution >= 4 is 11.8 Å². The van der Waals surface area contributed by atoms with Gasteiger partial charge in [-0.25, -0.2) is 0 Å². The second-order valence-electron chi connectivity index (χ2n) is 4.38. The molecule has 1 saturated heterocycles. The number of nitrogens with two attached hydrogens (primary N) is 1. The van der Waals surface area contributed by atoms with E-state index in [1.807, 2.05) is 13.8 Å². The summed E-state index contributed by atoms with van der Waals surface area (Å²) >= 11 is 0. The third kappa shape index (κ3) is 2.95. The van der Waals surface area contributed by atoms with E-state index >= 15 is 0 Å². The van der Waals surface area contributed by atoms with Gasteiger partial charge in [0, 0.05) is 19.0 Å². The van der Waals surface area contributed by atoms with Gasteiger partial charge in [0.25, 0.3) is 0 Å². The van der Waals surface area contributed by atoms with Crippen LogP contribution in [0.15, 0.2) is 0 Å². The van der Waals surface area contributed by atoms with Gasteiger partial charge in [-0.05, 0) is 19.3 Å². The zero-order valence-corrected chi connectivity index (χ0v) is 10.0. The summed E-state index contributed by atoms with van der Waals surface area (Å²) in [5.41, 5.74) is 5.21. The molecule has 1 heterocycles. The summed E-state index contributed by atoms with van der Waals surface area (Å²) in [5, 5.41) is 5.63. The monoisotopic (exact) mass is 227 g/mol. The first-order chi connectivity index (χ1) is 7.51. The van der Waals surface area contributed by atoms with Crippen molar-refractivity contribution in [3.63, 3.8) is 0 Å². The van der Waals surface area contributed by atoms with E-state index in [0.717, 1.165) is 0 Å². The minimum absolute atomic E-state index is 0.0197. The number of piperidine rings is 1. The van der Waals surface area contributed by atoms with E-state index in [1.165, 1.54) is 0 Å². The van der Waals surface area contributed by atoms with Crippen molar-refractivity contribution in [2.45, 2.75) is 51.1 Å². The maximum Gasteiger partial charge on any atom is 0.240 e. The van der Waals surface area contributed by atoms with Gasteiger partial charge < -0.3 is 16.4 Å². The highest BCUT2D eigenvalue weighted by atomic mass is 16.2. The molecule has 5 nitrogen and oxygen atoms in total. The van der Waals surface area contributed by atoms with E-state index in [1.54, 1.807) is 0 Å². The third-order valence-corrected chi connectivity index (χ3v) is 3.31. The largest absolute Gasteiger partial charge is 0.354 e. The zero-order valence-electron chi connectivity index (χ0n) is 10.0. The Labute approximate surface area is 96.1 Å². The van der Waals surface area contributed by atoms with E-state index in [4.69, 9.17) is 5.73 Å². The van der Waals surface area contributed by atoms with Crippen LogP contribution < -0.4 is 16.4 Å². The van der Waals surface area contributed by atoms with Gasteiger partial charge in [-0.15, -0.1) is 0 Å². The van der Waals surface area contributed by atoms with Crippen molar-refractivity contribution < 1.29 is 9.59 Å². The molecule has 0 spiro atoms. The number of rotatable bonds is 4. The van der Waals surface area contributed by atoms with Gasteiger partial charge in [0.05, 0.1) is 5.54 Å². The summed E-state index contributed by atoms with van der Waals surface area (Å²) in [6.45, 7) is 4.32. The average molecular weight is 227 g/mol. The third-order valence-electron chi connectivity index (χ3n) is 3.31. The van der Waals surface area contributed by atoms with E-state index in [2.05, 4.69) is 10.6 Å². The topological polar surface area (TPSA) is 84.2 Å². The molecular weight excluding hydrogens is 206 g/mol. The van der Waals surface area contributed by atoms with Crippen LogP contribution in [0.5, 0.6) is 0 Å². The first-order valence-corrected chi connectivity index (χ1v) is 5.88. The molecule has 0 aliphatic carbocycles. The highest BCUT2D eigenvalue weighted by molar-refractivity contribution is 5.86. The number of hydrogen-bond acceptors (Lipinski definition) is 3. The van der Waals surface area contributed by atoms with Crippen LogP contribution in [-0.2, 0) is 9.59 Å². The average Bonchev–Trinajstić information content (AvgIpc) is 2.31. The molecule has 1 rings (SSSR count). The van der Waals surface area contributed by atoms with Gasteiger partial charge in [-0.2, -0.15) is 0 Å². The Bertz CT molecular complexity index is 264. The van der Waals surface area contributed by atoms with Crippen molar-refractivity contribution in [2.24, 2.45) is 5.73 Å². The number of carbonyl (C=O) groups is 2. The molecule has 92 valence electrons. The lowest BCUT2D eigenvalue weighted by molar-refractivity contribution is -0.129. The van der Waals surface area contributed by atoms with Crippen LogP contribution >= 0.6 is 0 Å². The SMILES string of the molecule is CCC(N)(CC)C(=O)NC1CCC(=O)NC1. The number of hydrogen-bond donors (Lipinski definition) is 3. The smallest absolute Gasteiger partial charge is 0.240 e. The van der Waals surface area contributed by atoms with Crippen LogP contribution in [0.1, 0.15) is 39.5 Å². The number of carbonyl (C=O) groups excluding carboxylic acids is 2. The van der Waals surface area contributed by atoms with Crippen LogP contribution in [0.2, 0.25) is 0 Å². The first kappa shape index (κ1) is 13.0. The number of nitrogens with one attached hydrogen (secondary N) is 2. The zero-order chi connectivity index (χ0) is 12.2. The van der Waals surface area contributed by atoms with Gasteiger partial charge in [0.1, 0.15) is 0 Å². The van der Waals surface area contributed by atoms with Gasteiger partial charge in [0.2, 0.25) is 11.8 Å². The summed E-state index contributed by atoms with van der Waals surface area (Å²) in [5.74, 6) is -0.0610. The molecule has 0 aromatic rings. The maximum absolute atomic E-state index is 11.9. The molecule has 1 atom stereocenters. The van der Waals surface area contributed by atoms with E-state index < -0.39 is 5.54 Å². The predicted molar refractivity (Wildman–Crippen MR) is 61.7 cm³/mol. The van der Waals surface area contributed by atoms with Crippen molar-refractivity contribution in [1.82, 2.24) is 10.6 Å². The minimum Gasteiger partial charge on any atom is -0.354 e. The molecule has 16 heavy (non-hydrogen) atoms. The molecule has 4 N–H and O–H groups in total. The van der Waals surface area contributed by atoms with E-state index in [0.29, 0.717) is 32.2 Å². The molecule has 0 bridgehead atoms. The molecule has 0 saturated carbocycles. The standard InChI is InChI=1S/C11H21N3O2/c1-3-11(12,4-2)10(16)14-8-5-6-9(15)13-7-8/h8H,3-7,12H2,1-2H3,(H,13,15)(H,14,16). The molecule has 5 heteroatoms. The Balaban J connectivity index is 2.48. The number of amides is 2. The van der Waals surface area contributed by atoms with Crippen LogP contribution in [0.3, 0.4) is 0 Å². The lowest BCUT2D eigenvalue weighted by Gasteiger charge is -2.30. The fourth-order valence-corrected chi connectivity index (χ4v) is 1.76. The lowest BCUT2D eigenvalue weighted by Crippen LogP contribution is -2.58. The van der Waals surface area contributed by atoms with Crippen LogP contribution in [0.4, 0.5) is 0 Å². The van der Waals surface area contributed by atoms with Gasteiger partial charge in [-0.3, -0.25) is 9.59 Å². The quantitative estimate of drug-likeness (QED) is 0.627. The van der Waals surface area contributed by atoms with E-state index in [9.17, 15) is 9.59 Å². The second-order valence-corrected chi connectivity index (χ2v) is 4.38. The Morgan fingerprint density at radius 3 is 2.62 bits per heavy atom. The Morgan fingerprint density at radius 1 is 1.56 bits per heavy atom. The molecule has 1 unspecified atom stereocenters. The van der Waals surface area contributed by atoms with Crippen LogP contribution in [-0.4, -0.2) is 29.9 Å². The maximum atomic E-state index is 11.9. The first-order valence-electron chi connectivity index (χ1n) is 5.88. The summed E-state index contributed by atoms with van der Waals surface area (Å²) < 4.78 is 0. The lowest BCUT2D eigenvalue weighted by atomic mass is 9.92. The second kappa shape index (κ2) is 5.30. The minimum atomic E-state index is -0.776. The molecule has 0 aromatic carbocycles. The Morgan fingerprint density at radius 2 is 2.19 bits per heavy atom. The molecular formula is C11H21N3O2. The molecule has 0 radical (unpaired) electrons. The normalized spacial score (nSPS) is 21.4. The fourth-order valence-electron chi connectivity index (χ4n) is 1.76. The summed E-state index contributed by atoms with van der Waals surface area (Å²) in [4.78, 5) is 22.9. The van der Waals surface area contributed by atoms with Gasteiger partial charge in [-0.1, -0.05) is 13.8 Å². The predicted octanol–water partition coefficient (Wildman–Crippen LogP) is -0.101. The summed E-state index contributed by atoms with van der Waals surface area (Å²) in [7, 11) is 0. The van der Waals surface area contributed by atoms with Crippen LogP contribution in [0.25, 0.3) is 0 Å². The highest BCUT2D eigenvalue weighted by Gasteiger charge is 2.32. The molecule has 1 aliphatic heterocycles.